The van der Waals surface area contributed by atoms with Crippen molar-refractivity contribution in [3.63, 3.8) is 0 Å². The van der Waals surface area contributed by atoms with Crippen LogP contribution in [0.4, 0.5) is 0 Å². The fourth-order valence-corrected chi connectivity index (χ4v) is 3.83. The number of aryl methyl sites for hydroxylation is 1. The van der Waals surface area contributed by atoms with Crippen molar-refractivity contribution in [1.29, 1.82) is 0 Å². The number of rotatable bonds is 4. The molecule has 0 bridgehead atoms. The second-order valence-electron chi connectivity index (χ2n) is 6.78. The van der Waals surface area contributed by atoms with Crippen molar-refractivity contribution in [1.82, 2.24) is 5.32 Å². The molecule has 0 amide bonds. The molecule has 1 aromatic carbocycles. The molecule has 0 heterocycles. The maximum atomic E-state index is 3.87. The summed E-state index contributed by atoms with van der Waals surface area (Å²) in [6, 6.07) is 10.6. The van der Waals surface area contributed by atoms with E-state index in [1.165, 1.54) is 49.7 Å². The standard InChI is InChI=1S/C18H27N/c1-13-7-9-16(10-8-13)17-11-18(12-17)19-14(2)15-5-3-4-6-15/h7-10,14-15,17-19H,3-6,11-12H2,1-2H3. The molecule has 1 nitrogen and oxygen atoms in total. The van der Waals surface area contributed by atoms with Crippen LogP contribution >= 0.6 is 0 Å². The molecule has 2 aliphatic carbocycles. The minimum absolute atomic E-state index is 0.728. The normalized spacial score (nSPS) is 29.2. The molecule has 2 aliphatic rings. The van der Waals surface area contributed by atoms with Crippen molar-refractivity contribution in [3.05, 3.63) is 35.4 Å². The van der Waals surface area contributed by atoms with Crippen LogP contribution in [0.15, 0.2) is 24.3 Å². The molecule has 104 valence electrons. The highest BCUT2D eigenvalue weighted by atomic mass is 15.0. The van der Waals surface area contributed by atoms with Gasteiger partial charge in [0.15, 0.2) is 0 Å². The molecular formula is C18H27N. The van der Waals surface area contributed by atoms with Crippen LogP contribution in [0, 0.1) is 12.8 Å². The molecule has 1 N–H and O–H groups in total. The van der Waals surface area contributed by atoms with Crippen molar-refractivity contribution >= 4 is 0 Å². The average Bonchev–Trinajstić information content (AvgIpc) is 2.88. The van der Waals surface area contributed by atoms with Crippen LogP contribution in [-0.2, 0) is 0 Å². The van der Waals surface area contributed by atoms with E-state index in [1.807, 2.05) is 0 Å². The molecule has 1 unspecified atom stereocenters. The van der Waals surface area contributed by atoms with Crippen molar-refractivity contribution in [2.24, 2.45) is 5.92 Å². The van der Waals surface area contributed by atoms with E-state index in [2.05, 4.69) is 43.4 Å². The number of hydrogen-bond donors (Lipinski definition) is 1. The van der Waals surface area contributed by atoms with Gasteiger partial charge in [0.1, 0.15) is 0 Å². The lowest BCUT2D eigenvalue weighted by molar-refractivity contribution is 0.239. The summed E-state index contributed by atoms with van der Waals surface area (Å²) in [6.07, 6.45) is 8.46. The van der Waals surface area contributed by atoms with Crippen LogP contribution in [0.5, 0.6) is 0 Å². The summed E-state index contributed by atoms with van der Waals surface area (Å²) in [6.45, 7) is 4.56. The van der Waals surface area contributed by atoms with Crippen LogP contribution < -0.4 is 5.32 Å². The largest absolute Gasteiger partial charge is 0.311 e. The Morgan fingerprint density at radius 1 is 1.05 bits per heavy atom. The van der Waals surface area contributed by atoms with Gasteiger partial charge in [-0.05, 0) is 56.9 Å². The lowest BCUT2D eigenvalue weighted by Crippen LogP contribution is -2.46. The molecular weight excluding hydrogens is 230 g/mol. The summed E-state index contributed by atoms with van der Waals surface area (Å²) in [5, 5.41) is 3.87. The Labute approximate surface area is 117 Å². The Balaban J connectivity index is 1.46. The fraction of sp³-hybridized carbons (Fsp3) is 0.667. The van der Waals surface area contributed by atoms with Crippen LogP contribution in [0.25, 0.3) is 0 Å². The molecule has 0 aromatic heterocycles. The first-order valence-electron chi connectivity index (χ1n) is 8.05. The molecule has 19 heavy (non-hydrogen) atoms. The summed E-state index contributed by atoms with van der Waals surface area (Å²) < 4.78 is 0. The first kappa shape index (κ1) is 13.2. The van der Waals surface area contributed by atoms with Gasteiger partial charge in [-0.25, -0.2) is 0 Å². The summed E-state index contributed by atoms with van der Waals surface area (Å²) in [7, 11) is 0. The van der Waals surface area contributed by atoms with Gasteiger partial charge in [0.05, 0.1) is 0 Å². The molecule has 3 rings (SSSR count). The zero-order valence-electron chi connectivity index (χ0n) is 12.4. The summed E-state index contributed by atoms with van der Waals surface area (Å²) in [5.41, 5.74) is 2.91. The van der Waals surface area contributed by atoms with Gasteiger partial charge in [0.2, 0.25) is 0 Å². The maximum absolute atomic E-state index is 3.87. The Hall–Kier alpha value is -0.820. The van der Waals surface area contributed by atoms with Crippen LogP contribution in [0.2, 0.25) is 0 Å². The first-order valence-corrected chi connectivity index (χ1v) is 8.05. The van der Waals surface area contributed by atoms with E-state index in [0.29, 0.717) is 0 Å². The second kappa shape index (κ2) is 5.66. The summed E-state index contributed by atoms with van der Waals surface area (Å²) in [5.74, 6) is 1.74. The highest BCUT2D eigenvalue weighted by Crippen LogP contribution is 2.38. The smallest absolute Gasteiger partial charge is 0.00813 e. The van der Waals surface area contributed by atoms with Gasteiger partial charge in [-0.3, -0.25) is 0 Å². The molecule has 1 aromatic rings. The van der Waals surface area contributed by atoms with E-state index in [1.54, 1.807) is 0 Å². The van der Waals surface area contributed by atoms with Crippen LogP contribution in [0.1, 0.15) is 62.5 Å². The number of benzene rings is 1. The summed E-state index contributed by atoms with van der Waals surface area (Å²) in [4.78, 5) is 0. The Morgan fingerprint density at radius 2 is 1.68 bits per heavy atom. The molecule has 0 radical (unpaired) electrons. The molecule has 0 aliphatic heterocycles. The molecule has 0 spiro atoms. The quantitative estimate of drug-likeness (QED) is 0.842. The lowest BCUT2D eigenvalue weighted by atomic mass is 9.75. The molecule has 0 saturated heterocycles. The average molecular weight is 257 g/mol. The SMILES string of the molecule is Cc1ccc(C2CC(NC(C)C3CCCC3)C2)cc1. The van der Waals surface area contributed by atoms with Gasteiger partial charge in [-0.15, -0.1) is 0 Å². The predicted octanol–water partition coefficient (Wildman–Crippen LogP) is 4.41. The first-order chi connectivity index (χ1) is 9.22. The van der Waals surface area contributed by atoms with E-state index in [0.717, 1.165) is 23.9 Å². The second-order valence-corrected chi connectivity index (χ2v) is 6.78. The van der Waals surface area contributed by atoms with Crippen molar-refractivity contribution in [2.45, 2.75) is 70.4 Å². The molecule has 2 saturated carbocycles. The molecule has 1 heteroatoms. The monoisotopic (exact) mass is 257 g/mol. The summed E-state index contributed by atoms with van der Waals surface area (Å²) >= 11 is 0. The third-order valence-electron chi connectivity index (χ3n) is 5.29. The van der Waals surface area contributed by atoms with Crippen molar-refractivity contribution in [2.75, 3.05) is 0 Å². The van der Waals surface area contributed by atoms with E-state index in [-0.39, 0.29) is 0 Å². The van der Waals surface area contributed by atoms with Gasteiger partial charge in [-0.1, -0.05) is 42.7 Å². The predicted molar refractivity (Wildman–Crippen MR) is 81.5 cm³/mol. The third kappa shape index (κ3) is 3.02. The van der Waals surface area contributed by atoms with Crippen LogP contribution in [0.3, 0.4) is 0 Å². The zero-order chi connectivity index (χ0) is 13.2. The van der Waals surface area contributed by atoms with Gasteiger partial charge in [0, 0.05) is 12.1 Å². The lowest BCUT2D eigenvalue weighted by Gasteiger charge is -2.39. The Bertz CT molecular complexity index is 396. The fourth-order valence-electron chi connectivity index (χ4n) is 3.83. The Morgan fingerprint density at radius 3 is 2.32 bits per heavy atom. The van der Waals surface area contributed by atoms with Crippen LogP contribution in [-0.4, -0.2) is 12.1 Å². The Kier molecular flexibility index (Phi) is 3.93. The number of hydrogen-bond acceptors (Lipinski definition) is 1. The number of nitrogens with one attached hydrogen (secondary N) is 1. The topological polar surface area (TPSA) is 12.0 Å². The van der Waals surface area contributed by atoms with Gasteiger partial charge in [0.25, 0.3) is 0 Å². The van der Waals surface area contributed by atoms with Gasteiger partial charge in [-0.2, -0.15) is 0 Å². The zero-order valence-corrected chi connectivity index (χ0v) is 12.4. The van der Waals surface area contributed by atoms with Gasteiger partial charge >= 0.3 is 0 Å². The van der Waals surface area contributed by atoms with E-state index < -0.39 is 0 Å². The van der Waals surface area contributed by atoms with E-state index >= 15 is 0 Å². The maximum Gasteiger partial charge on any atom is 0.00813 e. The highest BCUT2D eigenvalue weighted by molar-refractivity contribution is 5.26. The molecule has 1 atom stereocenters. The van der Waals surface area contributed by atoms with Gasteiger partial charge < -0.3 is 5.32 Å². The minimum atomic E-state index is 0.728. The third-order valence-corrected chi connectivity index (χ3v) is 5.29. The van der Waals surface area contributed by atoms with Crippen molar-refractivity contribution < 1.29 is 0 Å². The highest BCUT2D eigenvalue weighted by Gasteiger charge is 2.32. The van der Waals surface area contributed by atoms with E-state index in [9.17, 15) is 0 Å². The minimum Gasteiger partial charge on any atom is -0.311 e. The van der Waals surface area contributed by atoms with Crippen molar-refractivity contribution in [3.8, 4) is 0 Å². The van der Waals surface area contributed by atoms with E-state index in [4.69, 9.17) is 0 Å². The molecule has 2 fully saturated rings.